The molecule has 0 spiro atoms. The van der Waals surface area contributed by atoms with Crippen LogP contribution in [0.25, 0.3) is 0 Å². The van der Waals surface area contributed by atoms with Crippen LogP contribution in [0, 0.1) is 0 Å². The second kappa shape index (κ2) is 5.74. The second-order valence-electron chi connectivity index (χ2n) is 3.94. The minimum atomic E-state index is 1.14. The van der Waals surface area contributed by atoms with Crippen molar-refractivity contribution in [1.29, 1.82) is 0 Å². The van der Waals surface area contributed by atoms with Gasteiger partial charge < -0.3 is 9.80 Å². The van der Waals surface area contributed by atoms with Gasteiger partial charge in [-0.3, -0.25) is 0 Å². The van der Waals surface area contributed by atoms with Gasteiger partial charge in [0.25, 0.3) is 0 Å². The fraction of sp³-hybridized carbons (Fsp3) is 0.667. The molecule has 0 unspecified atom stereocenters. The molecule has 0 radical (unpaired) electrons. The second-order valence-corrected chi connectivity index (χ2v) is 3.94. The van der Waals surface area contributed by atoms with Crippen molar-refractivity contribution >= 4 is 0 Å². The Morgan fingerprint density at radius 2 is 1.86 bits per heavy atom. The van der Waals surface area contributed by atoms with E-state index in [2.05, 4.69) is 49.0 Å². The van der Waals surface area contributed by atoms with E-state index in [4.69, 9.17) is 0 Å². The Kier molecular flexibility index (Phi) is 4.57. The summed E-state index contributed by atoms with van der Waals surface area (Å²) < 4.78 is 0. The van der Waals surface area contributed by atoms with Gasteiger partial charge in [0, 0.05) is 27.2 Å². The van der Waals surface area contributed by atoms with E-state index >= 15 is 0 Å². The Balaban J connectivity index is 2.38. The molecule has 0 aliphatic carbocycles. The predicted molar refractivity (Wildman–Crippen MR) is 62.0 cm³/mol. The summed E-state index contributed by atoms with van der Waals surface area (Å²) in [7, 11) is 4.30. The number of allylic oxidation sites excluding steroid dienone is 3. The number of hydrogen-bond donors (Lipinski definition) is 0. The first-order valence-corrected chi connectivity index (χ1v) is 5.54. The van der Waals surface area contributed by atoms with Crippen molar-refractivity contribution < 1.29 is 0 Å². The summed E-state index contributed by atoms with van der Waals surface area (Å²) in [6.07, 6.45) is 10.4. The zero-order chi connectivity index (χ0) is 10.4. The van der Waals surface area contributed by atoms with E-state index in [1.807, 2.05) is 0 Å². The molecule has 14 heavy (non-hydrogen) atoms. The Morgan fingerprint density at radius 1 is 1.21 bits per heavy atom. The van der Waals surface area contributed by atoms with Crippen LogP contribution in [0.4, 0.5) is 0 Å². The van der Waals surface area contributed by atoms with Crippen molar-refractivity contribution in [3.05, 3.63) is 24.0 Å². The van der Waals surface area contributed by atoms with E-state index in [9.17, 15) is 0 Å². The quantitative estimate of drug-likeness (QED) is 0.634. The number of nitrogens with zero attached hydrogens (tertiary/aromatic N) is 2. The average molecular weight is 194 g/mol. The summed E-state index contributed by atoms with van der Waals surface area (Å²) in [6.45, 7) is 4.51. The standard InChI is InChI=1S/C12H22N2/c1-4-5-6-7-8-9-12-13(2)10-11-14(12)3/h7-9H,4-6,10-11H2,1-3H3/b8-7-. The lowest BCUT2D eigenvalue weighted by molar-refractivity contribution is 0.423. The van der Waals surface area contributed by atoms with E-state index in [0.29, 0.717) is 0 Å². The minimum absolute atomic E-state index is 1.14. The van der Waals surface area contributed by atoms with Crippen LogP contribution in [0.15, 0.2) is 24.0 Å². The van der Waals surface area contributed by atoms with Crippen LogP contribution >= 0.6 is 0 Å². The normalized spacial score (nSPS) is 17.2. The van der Waals surface area contributed by atoms with Crippen molar-refractivity contribution in [1.82, 2.24) is 9.80 Å². The third kappa shape index (κ3) is 3.09. The van der Waals surface area contributed by atoms with Gasteiger partial charge in [-0.25, -0.2) is 0 Å². The lowest BCUT2D eigenvalue weighted by Crippen LogP contribution is -2.15. The summed E-state index contributed by atoms with van der Waals surface area (Å²) in [5.41, 5.74) is 0. The molecule has 1 aliphatic rings. The molecule has 1 fully saturated rings. The van der Waals surface area contributed by atoms with Crippen molar-refractivity contribution in [3.8, 4) is 0 Å². The molecule has 1 aliphatic heterocycles. The molecule has 2 heteroatoms. The topological polar surface area (TPSA) is 6.48 Å². The highest BCUT2D eigenvalue weighted by Gasteiger charge is 2.16. The van der Waals surface area contributed by atoms with Gasteiger partial charge >= 0.3 is 0 Å². The third-order valence-electron chi connectivity index (χ3n) is 2.66. The van der Waals surface area contributed by atoms with Gasteiger partial charge in [-0.15, -0.1) is 0 Å². The highest BCUT2D eigenvalue weighted by atomic mass is 15.4. The molecule has 0 saturated carbocycles. The minimum Gasteiger partial charge on any atom is -0.360 e. The lowest BCUT2D eigenvalue weighted by atomic mass is 10.2. The van der Waals surface area contributed by atoms with Crippen molar-refractivity contribution in [3.63, 3.8) is 0 Å². The van der Waals surface area contributed by atoms with E-state index in [-0.39, 0.29) is 0 Å². The summed E-state index contributed by atoms with van der Waals surface area (Å²) in [5.74, 6) is 1.33. The summed E-state index contributed by atoms with van der Waals surface area (Å²) >= 11 is 0. The zero-order valence-electron chi connectivity index (χ0n) is 9.66. The van der Waals surface area contributed by atoms with E-state index in [1.54, 1.807) is 0 Å². The molecular formula is C12H22N2. The van der Waals surface area contributed by atoms with Crippen molar-refractivity contribution in [2.24, 2.45) is 0 Å². The van der Waals surface area contributed by atoms with Gasteiger partial charge in [0.05, 0.1) is 0 Å². The first-order chi connectivity index (χ1) is 6.75. The Morgan fingerprint density at radius 3 is 2.43 bits per heavy atom. The molecule has 1 rings (SSSR count). The average Bonchev–Trinajstić information content (AvgIpc) is 2.48. The highest BCUT2D eigenvalue weighted by Crippen LogP contribution is 2.13. The molecule has 0 atom stereocenters. The van der Waals surface area contributed by atoms with Gasteiger partial charge in [-0.05, 0) is 12.5 Å². The molecule has 80 valence electrons. The van der Waals surface area contributed by atoms with Crippen molar-refractivity contribution in [2.45, 2.75) is 26.2 Å². The fourth-order valence-corrected chi connectivity index (χ4v) is 1.65. The molecule has 1 saturated heterocycles. The first-order valence-electron chi connectivity index (χ1n) is 5.54. The number of likely N-dealkylation sites (N-methyl/N-ethyl adjacent to an activating group) is 2. The lowest BCUT2D eigenvalue weighted by Gasteiger charge is -2.16. The Bertz CT molecular complexity index is 206. The number of unbranched alkanes of at least 4 members (excludes halogenated alkanes) is 2. The summed E-state index contributed by atoms with van der Waals surface area (Å²) in [4.78, 5) is 4.59. The maximum absolute atomic E-state index is 2.30. The maximum Gasteiger partial charge on any atom is 0.103 e. The molecule has 0 N–H and O–H groups in total. The van der Waals surface area contributed by atoms with Crippen LogP contribution < -0.4 is 0 Å². The summed E-state index contributed by atoms with van der Waals surface area (Å²) in [6, 6.07) is 0. The third-order valence-corrected chi connectivity index (χ3v) is 2.66. The van der Waals surface area contributed by atoms with Crippen LogP contribution in [0.2, 0.25) is 0 Å². The van der Waals surface area contributed by atoms with Crippen LogP contribution in [-0.4, -0.2) is 37.0 Å². The molecule has 0 bridgehead atoms. The van der Waals surface area contributed by atoms with Crippen LogP contribution in [-0.2, 0) is 0 Å². The van der Waals surface area contributed by atoms with Crippen LogP contribution in [0.1, 0.15) is 26.2 Å². The fourth-order valence-electron chi connectivity index (χ4n) is 1.65. The largest absolute Gasteiger partial charge is 0.360 e. The molecule has 0 amide bonds. The van der Waals surface area contributed by atoms with Gasteiger partial charge in [-0.1, -0.05) is 31.9 Å². The molecule has 1 heterocycles. The Hall–Kier alpha value is -0.920. The van der Waals surface area contributed by atoms with Gasteiger partial charge in [0.1, 0.15) is 5.82 Å². The van der Waals surface area contributed by atoms with E-state index < -0.39 is 0 Å². The smallest absolute Gasteiger partial charge is 0.103 e. The predicted octanol–water partition coefficient (Wildman–Crippen LogP) is 2.45. The van der Waals surface area contributed by atoms with E-state index in [0.717, 1.165) is 13.1 Å². The van der Waals surface area contributed by atoms with E-state index in [1.165, 1.54) is 25.1 Å². The molecule has 2 nitrogen and oxygen atoms in total. The molecule has 0 aromatic rings. The first kappa shape index (κ1) is 11.2. The van der Waals surface area contributed by atoms with Gasteiger partial charge in [0.15, 0.2) is 0 Å². The van der Waals surface area contributed by atoms with Gasteiger partial charge in [0.2, 0.25) is 0 Å². The number of hydrogen-bond acceptors (Lipinski definition) is 2. The van der Waals surface area contributed by atoms with Gasteiger partial charge in [-0.2, -0.15) is 0 Å². The monoisotopic (exact) mass is 194 g/mol. The van der Waals surface area contributed by atoms with Crippen LogP contribution in [0.3, 0.4) is 0 Å². The zero-order valence-corrected chi connectivity index (χ0v) is 9.66. The molecule has 0 aromatic carbocycles. The summed E-state index contributed by atoms with van der Waals surface area (Å²) in [5, 5.41) is 0. The highest BCUT2D eigenvalue weighted by molar-refractivity contribution is 5.13. The van der Waals surface area contributed by atoms with Crippen molar-refractivity contribution in [2.75, 3.05) is 27.2 Å². The molecule has 0 aromatic heterocycles. The van der Waals surface area contributed by atoms with Crippen LogP contribution in [0.5, 0.6) is 0 Å². The Labute approximate surface area is 87.9 Å². The number of rotatable bonds is 4. The maximum atomic E-state index is 2.30. The SMILES string of the molecule is CCCC/C=C\C=C1N(C)CCN1C. The molecular weight excluding hydrogens is 172 g/mol.